The van der Waals surface area contributed by atoms with Gasteiger partial charge in [-0.25, -0.2) is 8.37 Å². The van der Waals surface area contributed by atoms with E-state index < -0.39 is 193 Å². The summed E-state index contributed by atoms with van der Waals surface area (Å²) < 4.78 is 216. The van der Waals surface area contributed by atoms with E-state index in [2.05, 4.69) is 5.32 Å². The van der Waals surface area contributed by atoms with Crippen LogP contribution < -0.4 is 5.32 Å². The van der Waals surface area contributed by atoms with Gasteiger partial charge in [0.05, 0.1) is 98.6 Å². The van der Waals surface area contributed by atoms with Gasteiger partial charge in [0.2, 0.25) is 5.91 Å². The molecule has 0 aliphatic carbocycles. The summed E-state index contributed by atoms with van der Waals surface area (Å²) >= 11 is 0. The zero-order chi connectivity index (χ0) is 94.6. The molecule has 0 aromatic heterocycles. The summed E-state index contributed by atoms with van der Waals surface area (Å²) in [5, 5.41) is 41.4. The number of amides is 1. The van der Waals surface area contributed by atoms with Gasteiger partial charge in [-0.3, -0.25) is 13.9 Å². The first kappa shape index (κ1) is 101. The highest BCUT2D eigenvalue weighted by atomic mass is 32.3. The van der Waals surface area contributed by atoms with Crippen LogP contribution in [0, 0.1) is 0 Å². The fourth-order valence-electron chi connectivity index (χ4n) is 16.8. The predicted octanol–water partition coefficient (Wildman–Crippen LogP) is 11.1. The molecule has 5 aliphatic rings. The van der Waals surface area contributed by atoms with Crippen molar-refractivity contribution < 1.29 is 144 Å². The topological polar surface area (TPSA) is 392 Å². The highest BCUT2D eigenvalue weighted by molar-refractivity contribution is 7.81. The van der Waals surface area contributed by atoms with E-state index in [1.165, 1.54) is 6.92 Å². The molecular weight excluding hydrogens is 1800 g/mol. The van der Waals surface area contributed by atoms with Crippen LogP contribution in [0.1, 0.15) is 69.5 Å². The molecule has 0 spiro atoms. The Kier molecular flexibility index (Phi) is 37.4. The van der Waals surface area contributed by atoms with E-state index in [1.54, 1.807) is 37.3 Å². The fraction of sp³-hybridized carbons (Fsp3) is 0.402. The summed E-state index contributed by atoms with van der Waals surface area (Å²) in [6, 6.07) is 91.7. The Bertz CT molecular complexity index is 5400. The third kappa shape index (κ3) is 29.3. The van der Waals surface area contributed by atoms with Crippen LogP contribution in [0.4, 0.5) is 0 Å². The molecule has 0 unspecified atom stereocenters. The van der Waals surface area contributed by atoms with Gasteiger partial charge >= 0.3 is 20.8 Å². The first-order valence-corrected chi connectivity index (χ1v) is 47.8. The van der Waals surface area contributed by atoms with Crippen LogP contribution in [-0.4, -0.2) is 227 Å². The number of hydrogen-bond acceptors (Lipinski definition) is 29. The van der Waals surface area contributed by atoms with Gasteiger partial charge < -0.3 is 111 Å². The van der Waals surface area contributed by atoms with E-state index in [0.29, 0.717) is 16.7 Å². The van der Waals surface area contributed by atoms with Crippen LogP contribution in [0.25, 0.3) is 0 Å². The molecular formula is C102H115NO31S2. The van der Waals surface area contributed by atoms with Gasteiger partial charge in [-0.05, 0) is 62.6 Å². The summed E-state index contributed by atoms with van der Waals surface area (Å²) in [6.45, 7) is 0.196. The van der Waals surface area contributed by atoms with E-state index in [-0.39, 0.29) is 79.3 Å². The van der Waals surface area contributed by atoms with Gasteiger partial charge in [0, 0.05) is 6.92 Å². The Balaban J connectivity index is 0.890. The number of nitrogens with one attached hydrogen (secondary N) is 1. The van der Waals surface area contributed by atoms with Crippen molar-refractivity contribution in [1.82, 2.24) is 5.32 Å². The van der Waals surface area contributed by atoms with Crippen LogP contribution in [0.3, 0.4) is 0 Å². The molecule has 25 atom stereocenters. The lowest BCUT2D eigenvalue weighted by Gasteiger charge is -2.53. The zero-order valence-corrected chi connectivity index (χ0v) is 76.5. The Hall–Kier alpha value is -9.47. The second kappa shape index (κ2) is 50.4. The minimum Gasteiger partial charge on any atom is -0.387 e. The molecule has 5 fully saturated rings. The lowest BCUT2D eigenvalue weighted by Crippen LogP contribution is -2.71. The molecule has 6 N–H and O–H groups in total. The minimum absolute atomic E-state index is 0.00261. The van der Waals surface area contributed by atoms with E-state index in [4.69, 9.17) is 98.4 Å². The molecule has 726 valence electrons. The van der Waals surface area contributed by atoms with E-state index in [0.717, 1.165) is 38.9 Å². The van der Waals surface area contributed by atoms with Crippen molar-refractivity contribution in [3.63, 3.8) is 0 Å². The quantitative estimate of drug-likeness (QED) is 0.0193. The van der Waals surface area contributed by atoms with Crippen molar-refractivity contribution in [3.8, 4) is 0 Å². The fourth-order valence-corrected chi connectivity index (χ4v) is 17.6. The summed E-state index contributed by atoms with van der Waals surface area (Å²) in [7, 11) is -11.0. The number of hydrogen-bond donors (Lipinski definition) is 6. The average molecular weight is 1920 g/mol. The average Bonchev–Trinajstić information content (AvgIpc) is 0.763. The molecule has 32 nitrogen and oxygen atoms in total. The lowest BCUT2D eigenvalue weighted by molar-refractivity contribution is -0.399. The van der Waals surface area contributed by atoms with Gasteiger partial charge in [-0.15, -0.1) is 0 Å². The molecule has 1 amide bonds. The van der Waals surface area contributed by atoms with Gasteiger partial charge in [0.1, 0.15) is 116 Å². The van der Waals surface area contributed by atoms with Gasteiger partial charge in [-0.1, -0.05) is 303 Å². The molecule has 5 saturated heterocycles. The highest BCUT2D eigenvalue weighted by Crippen LogP contribution is 2.42. The number of aliphatic hydroxyl groups is 3. The normalized spacial score (nSPS) is 28.8. The maximum absolute atomic E-state index is 14.9. The number of carbonyl (C=O) groups is 1. The number of ether oxygens (including phenoxy) is 19. The Morgan fingerprint density at radius 1 is 0.279 bits per heavy atom. The van der Waals surface area contributed by atoms with Crippen molar-refractivity contribution >= 4 is 26.7 Å². The Labute approximate surface area is 790 Å². The first-order valence-electron chi connectivity index (χ1n) is 45.1. The molecule has 5 aliphatic heterocycles. The van der Waals surface area contributed by atoms with Crippen molar-refractivity contribution in [2.45, 2.75) is 233 Å². The molecule has 0 bridgehead atoms. The van der Waals surface area contributed by atoms with Crippen LogP contribution in [0.5, 0.6) is 0 Å². The van der Waals surface area contributed by atoms with E-state index >= 15 is 0 Å². The number of rotatable bonds is 47. The lowest BCUT2D eigenvalue weighted by atomic mass is 9.93. The Morgan fingerprint density at radius 3 is 0.934 bits per heavy atom. The van der Waals surface area contributed by atoms with Crippen molar-refractivity contribution in [1.29, 1.82) is 0 Å². The molecule has 136 heavy (non-hydrogen) atoms. The third-order valence-electron chi connectivity index (χ3n) is 23.5. The molecule has 5 heterocycles. The van der Waals surface area contributed by atoms with Crippen molar-refractivity contribution in [3.05, 3.63) is 359 Å². The van der Waals surface area contributed by atoms with Crippen LogP contribution >= 0.6 is 0 Å². The molecule has 10 aromatic rings. The SMILES string of the molecule is CC(=O)N[C@H]1[C@H](O[C@H]2[C@@H](O)[C@@H](COCc3ccccc3)O[C@@H](O[C@H]3[C@H](OCc4ccccc4)[C@@H](OCc4ccccc4)[C@H](OCc4ccccc4)O[C@@H]3COCc3ccccc3)[C@@H]2OCc2ccccc2)O[C@H](COCc2ccccc2)[C@@H](O[C@@H]2O[C@H](COS(=O)(=O)O)[C@H](O)[C@H](OS(=O)(=O)O)[C@H]2O)[C@@H]1O[C@@H]1O[C@@H](C)[C@@H](OCc2ccccc2)[C@@H](OCc2ccccc2)[C@@H]1OCc1ccccc1. The standard InChI is InChI=1S/C102H115NO31S2/c1-67-87(117-56-72-39-19-6-20-40-72)93(118-57-73-41-21-7-22-42-73)97(122-61-77-49-29-11-30-50-77)101(125-67)132-90-83(103-68(2)104)98(128-81(64-115-54-70-35-15-4-16-36-70)88(90)130-99-86(107)91(134-136(111,112)113)84(105)80(126-99)66-124-135(108,109)110)133-92-85(106)79(63-114-53-69-33-13-3-14-34-69)127-102(95(92)120-59-75-45-25-9-26-46-75)131-89-82(65-116-55-71-37-17-5-18-38-71)129-100(123-62-78-51-31-12-32-52-78)96(121-60-76-47-27-10-28-48-76)94(89)119-58-74-43-23-8-24-44-74/h3-52,67,79-102,105-107H,53-66H2,1-2H3,(H,103,104)(H,108,109,110)(H,111,112,113)/t67-,79+,80+,81+,82+,83+,84-,85-,86+,87+,88+,89+,90+,91-,92-,93+,94-,95+,96+,97-,98-,99-,100+,101-,102-/m0/s1. The number of carbonyl (C=O) groups excluding carboxylic acids is 1. The third-order valence-corrected chi connectivity index (χ3v) is 24.4. The van der Waals surface area contributed by atoms with Crippen molar-refractivity contribution in [2.75, 3.05) is 26.4 Å². The molecule has 34 heteroatoms. The highest BCUT2D eigenvalue weighted by Gasteiger charge is 2.60. The molecule has 0 radical (unpaired) electrons. The number of aliphatic hydroxyl groups excluding tert-OH is 3. The first-order chi connectivity index (χ1) is 66.1. The van der Waals surface area contributed by atoms with E-state index in [1.807, 2.05) is 273 Å². The summed E-state index contributed by atoms with van der Waals surface area (Å²) in [6.07, 6.45) is -40.1. The van der Waals surface area contributed by atoms with Crippen LogP contribution in [0.2, 0.25) is 0 Å². The second-order valence-electron chi connectivity index (χ2n) is 33.5. The predicted molar refractivity (Wildman–Crippen MR) is 488 cm³/mol. The molecule has 10 aromatic carbocycles. The van der Waals surface area contributed by atoms with Crippen LogP contribution in [-0.2, 0) is 190 Å². The summed E-state index contributed by atoms with van der Waals surface area (Å²) in [4.78, 5) is 14.9. The molecule has 0 saturated carbocycles. The smallest absolute Gasteiger partial charge is 0.387 e. The maximum atomic E-state index is 14.9. The minimum atomic E-state index is -5.66. The summed E-state index contributed by atoms with van der Waals surface area (Å²) in [5.41, 5.74) is 7.51. The molecule has 15 rings (SSSR count). The van der Waals surface area contributed by atoms with Gasteiger partial charge in [-0.2, -0.15) is 16.8 Å². The van der Waals surface area contributed by atoms with Gasteiger partial charge in [0.15, 0.2) is 31.5 Å². The maximum Gasteiger partial charge on any atom is 0.397 e. The zero-order valence-electron chi connectivity index (χ0n) is 74.9. The van der Waals surface area contributed by atoms with Gasteiger partial charge in [0.25, 0.3) is 0 Å². The second-order valence-corrected chi connectivity index (χ2v) is 35.7. The largest absolute Gasteiger partial charge is 0.397 e. The summed E-state index contributed by atoms with van der Waals surface area (Å²) in [5.74, 6) is -0.782. The Morgan fingerprint density at radius 2 is 0.551 bits per heavy atom. The number of benzene rings is 10. The monoisotopic (exact) mass is 1910 g/mol. The van der Waals surface area contributed by atoms with Crippen LogP contribution in [0.15, 0.2) is 303 Å². The van der Waals surface area contributed by atoms with E-state index in [9.17, 15) is 46.1 Å². The van der Waals surface area contributed by atoms with Crippen molar-refractivity contribution in [2.24, 2.45) is 0 Å².